The zero-order valence-corrected chi connectivity index (χ0v) is 17.9. The van der Waals surface area contributed by atoms with Gasteiger partial charge in [0.1, 0.15) is 5.82 Å². The number of carbonyl (C=O) groups is 1. The summed E-state index contributed by atoms with van der Waals surface area (Å²) >= 11 is 0. The van der Waals surface area contributed by atoms with Gasteiger partial charge >= 0.3 is 0 Å². The van der Waals surface area contributed by atoms with Crippen LogP contribution in [0.15, 0.2) is 55.4 Å². The van der Waals surface area contributed by atoms with Crippen LogP contribution in [0.4, 0.5) is 5.69 Å². The average Bonchev–Trinajstić information content (AvgIpc) is 3.12. The van der Waals surface area contributed by atoms with Crippen LogP contribution < -0.4 is 5.32 Å². The van der Waals surface area contributed by atoms with Crippen LogP contribution in [0.5, 0.6) is 0 Å². The van der Waals surface area contributed by atoms with Crippen molar-refractivity contribution in [3.8, 4) is 11.1 Å². The molecule has 6 heteroatoms. The SMILES string of the molecule is C=CC1CC(C)CN1C(=O)CNc1ccc(-c2cnc(C)nc2)cc1C(=N)C(=C)C. The van der Waals surface area contributed by atoms with Gasteiger partial charge in [-0.3, -0.25) is 10.2 Å². The number of amides is 1. The summed E-state index contributed by atoms with van der Waals surface area (Å²) in [5.74, 6) is 1.22. The van der Waals surface area contributed by atoms with E-state index < -0.39 is 0 Å². The molecule has 0 aliphatic carbocycles. The van der Waals surface area contributed by atoms with Gasteiger partial charge in [-0.1, -0.05) is 25.6 Å². The summed E-state index contributed by atoms with van der Waals surface area (Å²) in [6.07, 6.45) is 6.34. The number of hydrogen-bond acceptors (Lipinski definition) is 5. The first-order valence-corrected chi connectivity index (χ1v) is 10.1. The van der Waals surface area contributed by atoms with Gasteiger partial charge in [-0.25, -0.2) is 9.97 Å². The van der Waals surface area contributed by atoms with Gasteiger partial charge in [-0.05, 0) is 49.5 Å². The lowest BCUT2D eigenvalue weighted by Gasteiger charge is -2.23. The fourth-order valence-corrected chi connectivity index (χ4v) is 3.72. The average molecular weight is 404 g/mol. The first-order chi connectivity index (χ1) is 14.3. The lowest BCUT2D eigenvalue weighted by Crippen LogP contribution is -2.38. The topological polar surface area (TPSA) is 82.0 Å². The number of anilines is 1. The molecule has 1 saturated heterocycles. The molecule has 2 heterocycles. The second-order valence-electron chi connectivity index (χ2n) is 7.98. The third kappa shape index (κ3) is 4.64. The van der Waals surface area contributed by atoms with Crippen LogP contribution in [0.3, 0.4) is 0 Å². The van der Waals surface area contributed by atoms with Crippen LogP contribution in [0, 0.1) is 18.3 Å². The molecule has 1 aliphatic rings. The molecule has 1 aliphatic heterocycles. The summed E-state index contributed by atoms with van der Waals surface area (Å²) in [5.41, 5.74) is 4.20. The number of carbonyl (C=O) groups excluding carboxylic acids is 1. The van der Waals surface area contributed by atoms with Gasteiger partial charge < -0.3 is 10.2 Å². The van der Waals surface area contributed by atoms with E-state index in [2.05, 4.69) is 35.4 Å². The second-order valence-corrected chi connectivity index (χ2v) is 7.98. The molecule has 2 atom stereocenters. The number of aromatic nitrogens is 2. The molecule has 0 saturated carbocycles. The van der Waals surface area contributed by atoms with Crippen molar-refractivity contribution < 1.29 is 4.79 Å². The second kappa shape index (κ2) is 9.03. The molecule has 6 nitrogen and oxygen atoms in total. The quantitative estimate of drug-likeness (QED) is 0.535. The highest BCUT2D eigenvalue weighted by atomic mass is 16.2. The number of allylic oxidation sites excluding steroid dienone is 1. The molecule has 2 aromatic rings. The number of nitrogens with zero attached hydrogens (tertiary/aromatic N) is 3. The lowest BCUT2D eigenvalue weighted by molar-refractivity contribution is -0.129. The molecular formula is C24H29N5O. The van der Waals surface area contributed by atoms with Crippen molar-refractivity contribution in [2.24, 2.45) is 5.92 Å². The van der Waals surface area contributed by atoms with Gasteiger partial charge in [0.15, 0.2) is 0 Å². The Morgan fingerprint density at radius 3 is 2.67 bits per heavy atom. The van der Waals surface area contributed by atoms with Crippen molar-refractivity contribution in [1.29, 1.82) is 5.41 Å². The summed E-state index contributed by atoms with van der Waals surface area (Å²) in [7, 11) is 0. The maximum atomic E-state index is 12.8. The predicted octanol–water partition coefficient (Wildman–Crippen LogP) is 4.23. The van der Waals surface area contributed by atoms with Crippen LogP contribution in [0.25, 0.3) is 11.1 Å². The normalized spacial score (nSPS) is 18.2. The van der Waals surface area contributed by atoms with Crippen LogP contribution in [0.1, 0.15) is 31.7 Å². The molecule has 1 aromatic heterocycles. The Morgan fingerprint density at radius 1 is 1.33 bits per heavy atom. The van der Waals surface area contributed by atoms with E-state index in [1.807, 2.05) is 36.1 Å². The minimum absolute atomic E-state index is 0.0352. The van der Waals surface area contributed by atoms with Crippen molar-refractivity contribution in [2.75, 3.05) is 18.4 Å². The highest BCUT2D eigenvalue weighted by Crippen LogP contribution is 2.27. The van der Waals surface area contributed by atoms with E-state index >= 15 is 0 Å². The van der Waals surface area contributed by atoms with E-state index in [1.54, 1.807) is 19.3 Å². The van der Waals surface area contributed by atoms with Crippen molar-refractivity contribution >= 4 is 17.3 Å². The van der Waals surface area contributed by atoms with Crippen LogP contribution in [0.2, 0.25) is 0 Å². The molecule has 156 valence electrons. The Labute approximate surface area is 178 Å². The summed E-state index contributed by atoms with van der Waals surface area (Å²) < 4.78 is 0. The van der Waals surface area contributed by atoms with Gasteiger partial charge in [-0.2, -0.15) is 0 Å². The number of aryl methyl sites for hydroxylation is 1. The van der Waals surface area contributed by atoms with Crippen LogP contribution in [-0.4, -0.2) is 45.6 Å². The minimum atomic E-state index is 0.0352. The first kappa shape index (κ1) is 21.4. The Hall–Kier alpha value is -3.28. The molecule has 3 rings (SSSR count). The Morgan fingerprint density at radius 2 is 2.03 bits per heavy atom. The monoisotopic (exact) mass is 403 g/mol. The number of benzene rings is 1. The minimum Gasteiger partial charge on any atom is -0.376 e. The number of rotatable bonds is 7. The molecule has 1 aromatic carbocycles. The molecular weight excluding hydrogens is 374 g/mol. The number of likely N-dealkylation sites (tertiary alicyclic amines) is 1. The molecule has 1 fully saturated rings. The Bertz CT molecular complexity index is 980. The van der Waals surface area contributed by atoms with E-state index in [9.17, 15) is 4.79 Å². The lowest BCUT2D eigenvalue weighted by atomic mass is 9.98. The zero-order valence-electron chi connectivity index (χ0n) is 17.9. The number of nitrogens with one attached hydrogen (secondary N) is 2. The molecule has 0 spiro atoms. The van der Waals surface area contributed by atoms with Gasteiger partial charge in [0, 0.05) is 35.8 Å². The van der Waals surface area contributed by atoms with Crippen molar-refractivity contribution in [1.82, 2.24) is 14.9 Å². The summed E-state index contributed by atoms with van der Waals surface area (Å²) in [6, 6.07) is 5.85. The van der Waals surface area contributed by atoms with Crippen molar-refractivity contribution in [3.63, 3.8) is 0 Å². The Kier molecular flexibility index (Phi) is 6.45. The fourth-order valence-electron chi connectivity index (χ4n) is 3.72. The summed E-state index contributed by atoms with van der Waals surface area (Å²) in [5, 5.41) is 11.7. The molecule has 30 heavy (non-hydrogen) atoms. The summed E-state index contributed by atoms with van der Waals surface area (Å²) in [4.78, 5) is 23.2. The predicted molar refractivity (Wildman–Crippen MR) is 122 cm³/mol. The fraction of sp³-hybridized carbons (Fsp3) is 0.333. The third-order valence-corrected chi connectivity index (χ3v) is 5.41. The molecule has 0 radical (unpaired) electrons. The van der Waals surface area contributed by atoms with Gasteiger partial charge in [0.05, 0.1) is 18.3 Å². The molecule has 1 amide bonds. The third-order valence-electron chi connectivity index (χ3n) is 5.41. The van der Waals surface area contributed by atoms with E-state index in [4.69, 9.17) is 5.41 Å². The van der Waals surface area contributed by atoms with E-state index in [-0.39, 0.29) is 18.5 Å². The first-order valence-electron chi connectivity index (χ1n) is 10.1. The Balaban J connectivity index is 1.83. The van der Waals surface area contributed by atoms with E-state index in [0.717, 1.165) is 29.8 Å². The highest BCUT2D eigenvalue weighted by molar-refractivity contribution is 6.13. The largest absolute Gasteiger partial charge is 0.376 e. The highest BCUT2D eigenvalue weighted by Gasteiger charge is 2.30. The zero-order chi connectivity index (χ0) is 21.8. The molecule has 0 bridgehead atoms. The maximum absolute atomic E-state index is 12.8. The standard InChI is InChI=1S/C24H29N5O/c1-6-20-9-16(4)14-29(20)23(30)13-28-22-8-7-18(10-21(22)24(25)15(2)3)19-11-26-17(5)27-12-19/h6-8,10-12,16,20,25,28H,1-2,9,13-14H2,3-5H3. The molecule has 2 N–H and O–H groups in total. The smallest absolute Gasteiger partial charge is 0.242 e. The number of hydrogen-bond donors (Lipinski definition) is 2. The van der Waals surface area contributed by atoms with Crippen molar-refractivity contribution in [2.45, 2.75) is 33.2 Å². The van der Waals surface area contributed by atoms with Gasteiger partial charge in [0.25, 0.3) is 0 Å². The summed E-state index contributed by atoms with van der Waals surface area (Å²) in [6.45, 7) is 14.5. The van der Waals surface area contributed by atoms with Crippen LogP contribution >= 0.6 is 0 Å². The van der Waals surface area contributed by atoms with Crippen molar-refractivity contribution in [3.05, 3.63) is 66.8 Å². The molecule has 2 unspecified atom stereocenters. The maximum Gasteiger partial charge on any atom is 0.242 e. The van der Waals surface area contributed by atoms with E-state index in [0.29, 0.717) is 28.6 Å². The van der Waals surface area contributed by atoms with Gasteiger partial charge in [-0.15, -0.1) is 6.58 Å². The van der Waals surface area contributed by atoms with Crippen LogP contribution in [-0.2, 0) is 4.79 Å². The van der Waals surface area contributed by atoms with Gasteiger partial charge in [0.2, 0.25) is 5.91 Å². The van der Waals surface area contributed by atoms with E-state index in [1.165, 1.54) is 0 Å².